The van der Waals surface area contributed by atoms with Crippen LogP contribution in [-0.2, 0) is 35.5 Å². The fourth-order valence-electron chi connectivity index (χ4n) is 7.05. The van der Waals surface area contributed by atoms with Crippen LogP contribution in [0.15, 0.2) is 84.9 Å². The van der Waals surface area contributed by atoms with E-state index in [1.807, 2.05) is 60.7 Å². The molecule has 0 bridgehead atoms. The van der Waals surface area contributed by atoms with E-state index in [0.717, 1.165) is 44.8 Å². The van der Waals surface area contributed by atoms with Crippen LogP contribution in [0.5, 0.6) is 0 Å². The SMILES string of the molecule is O=C(O)C[C@H](O)CNCc1cccc(C(=O)N2CCc3c(-c4cccc5c4CCN5C(=O)c4cccc(CNC[C@@H](O)CC(=O)O)c4)cccc32)c1. The molecule has 12 heteroatoms. The summed E-state index contributed by atoms with van der Waals surface area (Å²) in [6.45, 7) is 2.05. The van der Waals surface area contributed by atoms with Gasteiger partial charge in [0, 0.05) is 61.8 Å². The molecule has 270 valence electrons. The van der Waals surface area contributed by atoms with Gasteiger partial charge in [0.2, 0.25) is 0 Å². The highest BCUT2D eigenvalue weighted by atomic mass is 16.4. The molecule has 2 atom stereocenters. The summed E-state index contributed by atoms with van der Waals surface area (Å²) in [5.74, 6) is -2.37. The quantitative estimate of drug-likeness (QED) is 0.107. The van der Waals surface area contributed by atoms with Gasteiger partial charge in [0.1, 0.15) is 0 Å². The molecule has 0 fully saturated rings. The van der Waals surface area contributed by atoms with E-state index in [0.29, 0.717) is 50.1 Å². The minimum Gasteiger partial charge on any atom is -0.481 e. The smallest absolute Gasteiger partial charge is 0.306 e. The summed E-state index contributed by atoms with van der Waals surface area (Å²) in [6, 6.07) is 26.6. The Morgan fingerprint density at radius 2 is 1.00 bits per heavy atom. The Labute approximate surface area is 301 Å². The Bertz CT molecular complexity index is 1840. The number of aliphatic hydroxyl groups excluding tert-OH is 2. The van der Waals surface area contributed by atoms with E-state index in [-0.39, 0.29) is 37.7 Å². The number of carbonyl (C=O) groups excluding carboxylic acids is 2. The van der Waals surface area contributed by atoms with E-state index in [2.05, 4.69) is 22.8 Å². The average Bonchev–Trinajstić information content (AvgIpc) is 3.76. The zero-order valence-corrected chi connectivity index (χ0v) is 28.6. The van der Waals surface area contributed by atoms with Gasteiger partial charge in [-0.3, -0.25) is 19.2 Å². The van der Waals surface area contributed by atoms with Gasteiger partial charge in [-0.15, -0.1) is 0 Å². The molecule has 12 nitrogen and oxygen atoms in total. The molecule has 0 aliphatic carbocycles. The number of rotatable bonds is 15. The number of carboxylic acid groups (broad SMARTS) is 2. The summed E-state index contributed by atoms with van der Waals surface area (Å²) in [6.07, 6.45) is -1.32. The minimum atomic E-state index is -1.07. The predicted molar refractivity (Wildman–Crippen MR) is 195 cm³/mol. The van der Waals surface area contributed by atoms with Crippen LogP contribution < -0.4 is 20.4 Å². The number of hydrogen-bond donors (Lipinski definition) is 6. The van der Waals surface area contributed by atoms with E-state index in [1.165, 1.54) is 0 Å². The lowest BCUT2D eigenvalue weighted by atomic mass is 9.93. The number of fused-ring (bicyclic) bond motifs is 2. The number of nitrogens with one attached hydrogen (secondary N) is 2. The first-order valence-electron chi connectivity index (χ1n) is 17.4. The number of carbonyl (C=O) groups is 4. The Morgan fingerprint density at radius 3 is 1.40 bits per heavy atom. The number of hydrogen-bond acceptors (Lipinski definition) is 8. The van der Waals surface area contributed by atoms with Crippen molar-refractivity contribution in [2.75, 3.05) is 36.0 Å². The first-order valence-corrected chi connectivity index (χ1v) is 17.4. The molecular formula is C40H42N4O8. The molecule has 0 aromatic heterocycles. The number of aliphatic hydroxyl groups is 2. The Kier molecular flexibility index (Phi) is 11.4. The summed E-state index contributed by atoms with van der Waals surface area (Å²) in [5.41, 5.74) is 8.70. The molecule has 0 radical (unpaired) electrons. The van der Waals surface area contributed by atoms with Crippen molar-refractivity contribution in [3.8, 4) is 11.1 Å². The zero-order valence-electron chi connectivity index (χ0n) is 28.6. The maximum Gasteiger partial charge on any atom is 0.306 e. The predicted octanol–water partition coefficient (Wildman–Crippen LogP) is 3.61. The summed E-state index contributed by atoms with van der Waals surface area (Å²) in [4.78, 5) is 52.9. The van der Waals surface area contributed by atoms with Gasteiger partial charge in [-0.05, 0) is 82.6 Å². The van der Waals surface area contributed by atoms with Gasteiger partial charge >= 0.3 is 11.9 Å². The number of benzene rings is 4. The van der Waals surface area contributed by atoms with Crippen molar-refractivity contribution >= 4 is 35.1 Å². The number of amides is 2. The highest BCUT2D eigenvalue weighted by Crippen LogP contribution is 2.42. The van der Waals surface area contributed by atoms with Crippen molar-refractivity contribution in [1.29, 1.82) is 0 Å². The fourth-order valence-corrected chi connectivity index (χ4v) is 7.05. The topological polar surface area (TPSA) is 180 Å². The minimum absolute atomic E-state index is 0.118. The van der Waals surface area contributed by atoms with Gasteiger partial charge in [-0.25, -0.2) is 0 Å². The molecule has 2 heterocycles. The zero-order chi connectivity index (χ0) is 36.8. The molecule has 4 aromatic rings. The van der Waals surface area contributed by atoms with Crippen molar-refractivity contribution in [2.45, 2.75) is 51.0 Å². The highest BCUT2D eigenvalue weighted by Gasteiger charge is 2.31. The third kappa shape index (κ3) is 8.38. The summed E-state index contributed by atoms with van der Waals surface area (Å²) >= 11 is 0. The molecule has 0 spiro atoms. The van der Waals surface area contributed by atoms with Gasteiger partial charge in [0.15, 0.2) is 0 Å². The van der Waals surface area contributed by atoms with Crippen LogP contribution in [0, 0.1) is 0 Å². The van der Waals surface area contributed by atoms with Crippen LogP contribution in [-0.4, -0.2) is 82.6 Å². The van der Waals surface area contributed by atoms with Gasteiger partial charge in [-0.2, -0.15) is 0 Å². The van der Waals surface area contributed by atoms with Crippen LogP contribution in [0.4, 0.5) is 11.4 Å². The van der Waals surface area contributed by atoms with Crippen molar-refractivity contribution in [3.63, 3.8) is 0 Å². The van der Waals surface area contributed by atoms with Crippen molar-refractivity contribution < 1.29 is 39.6 Å². The maximum atomic E-state index is 13.8. The van der Waals surface area contributed by atoms with E-state index in [9.17, 15) is 29.4 Å². The van der Waals surface area contributed by atoms with Gasteiger partial charge in [-0.1, -0.05) is 48.5 Å². The molecule has 2 aliphatic heterocycles. The lowest BCUT2D eigenvalue weighted by Crippen LogP contribution is -2.29. The first kappa shape index (κ1) is 36.4. The lowest BCUT2D eigenvalue weighted by molar-refractivity contribution is -0.140. The van der Waals surface area contributed by atoms with Crippen LogP contribution >= 0.6 is 0 Å². The van der Waals surface area contributed by atoms with Crippen molar-refractivity contribution in [2.24, 2.45) is 0 Å². The largest absolute Gasteiger partial charge is 0.481 e. The number of anilines is 2. The molecule has 6 N–H and O–H groups in total. The molecular weight excluding hydrogens is 664 g/mol. The second-order valence-corrected chi connectivity index (χ2v) is 13.2. The maximum absolute atomic E-state index is 13.8. The van der Waals surface area contributed by atoms with Gasteiger partial charge < -0.3 is 40.9 Å². The summed E-state index contributed by atoms with van der Waals surface area (Å²) in [7, 11) is 0. The molecule has 0 saturated carbocycles. The van der Waals surface area contributed by atoms with Crippen LogP contribution in [0.2, 0.25) is 0 Å². The molecule has 52 heavy (non-hydrogen) atoms. The molecule has 6 rings (SSSR count). The number of aliphatic carboxylic acids is 2. The summed E-state index contributed by atoms with van der Waals surface area (Å²) in [5, 5.41) is 43.5. The van der Waals surface area contributed by atoms with Crippen LogP contribution in [0.3, 0.4) is 0 Å². The lowest BCUT2D eigenvalue weighted by Gasteiger charge is -2.20. The third-order valence-corrected chi connectivity index (χ3v) is 9.42. The van der Waals surface area contributed by atoms with Crippen LogP contribution in [0.25, 0.3) is 11.1 Å². The molecule has 0 saturated heterocycles. The number of nitrogens with zero attached hydrogens (tertiary/aromatic N) is 2. The van der Waals surface area contributed by atoms with Crippen molar-refractivity contribution in [3.05, 3.63) is 118 Å². The highest BCUT2D eigenvalue weighted by molar-refractivity contribution is 6.09. The number of carboxylic acids is 2. The standard InChI is InChI=1S/C40H42N4O8/c45-29(19-37(47)48)23-41-21-25-5-1-7-27(17-25)39(51)43-15-13-33-31(9-3-11-35(33)43)32-10-4-12-36-34(32)14-16-44(36)40(52)28-8-2-6-26(18-28)22-42-24-30(46)20-38(49)50/h1-12,17-18,29-30,41-42,45-46H,13-16,19-24H2,(H,47,48)(H,49,50)/t29-,30-/m0/s1. The fraction of sp³-hybridized carbons (Fsp3) is 0.300. The van der Waals surface area contributed by atoms with Crippen LogP contribution in [0.1, 0.15) is 55.8 Å². The van der Waals surface area contributed by atoms with E-state index in [1.54, 1.807) is 21.9 Å². The van der Waals surface area contributed by atoms with Gasteiger partial charge in [0.05, 0.1) is 25.0 Å². The van der Waals surface area contributed by atoms with Crippen molar-refractivity contribution in [1.82, 2.24) is 10.6 Å². The average molecular weight is 707 g/mol. The molecule has 0 unspecified atom stereocenters. The monoisotopic (exact) mass is 706 g/mol. The second-order valence-electron chi connectivity index (χ2n) is 13.2. The second kappa shape index (κ2) is 16.3. The van der Waals surface area contributed by atoms with Gasteiger partial charge in [0.25, 0.3) is 11.8 Å². The third-order valence-electron chi connectivity index (χ3n) is 9.42. The Balaban J connectivity index is 1.16. The Morgan fingerprint density at radius 1 is 0.596 bits per heavy atom. The molecule has 2 aliphatic rings. The first-order chi connectivity index (χ1) is 25.1. The molecule has 4 aromatic carbocycles. The van der Waals surface area contributed by atoms with E-state index in [4.69, 9.17) is 10.2 Å². The summed E-state index contributed by atoms with van der Waals surface area (Å²) < 4.78 is 0. The van der Waals surface area contributed by atoms with E-state index >= 15 is 0 Å². The molecule has 2 amide bonds. The van der Waals surface area contributed by atoms with E-state index < -0.39 is 24.1 Å². The normalized spacial score (nSPS) is 14.5. The Hall–Kier alpha value is -5.40.